The molecule has 0 atom stereocenters. The van der Waals surface area contributed by atoms with Crippen LogP contribution in [0.4, 0.5) is 5.69 Å². The number of nitrogen functional groups attached to an aromatic ring is 1. The fraction of sp³-hybridized carbons (Fsp3) is 0.545. The van der Waals surface area contributed by atoms with Crippen LogP contribution in [-0.2, 0) is 6.54 Å². The molecule has 0 aromatic carbocycles. The molecule has 78 valence electrons. The van der Waals surface area contributed by atoms with Gasteiger partial charge in [0.1, 0.15) is 0 Å². The van der Waals surface area contributed by atoms with Gasteiger partial charge in [-0.05, 0) is 32.1 Å². The first-order chi connectivity index (χ1) is 6.74. The third kappa shape index (κ3) is 3.34. The predicted octanol–water partition coefficient (Wildman–Crippen LogP) is 1.90. The predicted molar refractivity (Wildman–Crippen MR) is 59.9 cm³/mol. The first kappa shape index (κ1) is 11.0. The second kappa shape index (κ2) is 5.60. The number of nitrogens with zero attached hydrogens (tertiary/aromatic N) is 2. The first-order valence-corrected chi connectivity index (χ1v) is 5.12. The van der Waals surface area contributed by atoms with Gasteiger partial charge >= 0.3 is 0 Å². The quantitative estimate of drug-likeness (QED) is 0.776. The molecule has 0 aliphatic rings. The standard InChI is InChI=1S/C11H19N3/c1-3-4-8-14(2)9-11-10(12)6-5-7-13-11/h5-7H,3-4,8-9,12H2,1-2H3. The highest BCUT2D eigenvalue weighted by Gasteiger charge is 2.03. The van der Waals surface area contributed by atoms with Gasteiger partial charge in [0.25, 0.3) is 0 Å². The zero-order valence-electron chi connectivity index (χ0n) is 9.03. The number of nitrogens with two attached hydrogens (primary N) is 1. The van der Waals surface area contributed by atoms with Crippen LogP contribution in [0.2, 0.25) is 0 Å². The summed E-state index contributed by atoms with van der Waals surface area (Å²) in [5.41, 5.74) is 7.57. The van der Waals surface area contributed by atoms with Crippen molar-refractivity contribution >= 4 is 5.69 Å². The fourth-order valence-corrected chi connectivity index (χ4v) is 1.35. The van der Waals surface area contributed by atoms with Crippen LogP contribution in [-0.4, -0.2) is 23.5 Å². The van der Waals surface area contributed by atoms with Gasteiger partial charge in [0.15, 0.2) is 0 Å². The second-order valence-corrected chi connectivity index (χ2v) is 3.63. The number of hydrogen-bond donors (Lipinski definition) is 1. The Balaban J connectivity index is 2.47. The molecule has 0 fully saturated rings. The fourth-order valence-electron chi connectivity index (χ4n) is 1.35. The van der Waals surface area contributed by atoms with E-state index in [1.54, 1.807) is 6.20 Å². The summed E-state index contributed by atoms with van der Waals surface area (Å²) in [5.74, 6) is 0. The molecule has 1 rings (SSSR count). The zero-order chi connectivity index (χ0) is 10.4. The third-order valence-electron chi connectivity index (χ3n) is 2.24. The molecule has 3 nitrogen and oxygen atoms in total. The molecule has 1 aromatic heterocycles. The molecular formula is C11H19N3. The second-order valence-electron chi connectivity index (χ2n) is 3.63. The number of unbranched alkanes of at least 4 members (excludes halogenated alkanes) is 1. The average molecular weight is 193 g/mol. The molecule has 0 saturated carbocycles. The molecule has 2 N–H and O–H groups in total. The summed E-state index contributed by atoms with van der Waals surface area (Å²) in [4.78, 5) is 6.51. The minimum atomic E-state index is 0.788. The van der Waals surface area contributed by atoms with Gasteiger partial charge in [0.2, 0.25) is 0 Å². The molecule has 0 spiro atoms. The molecule has 14 heavy (non-hydrogen) atoms. The Bertz CT molecular complexity index is 273. The third-order valence-corrected chi connectivity index (χ3v) is 2.24. The average Bonchev–Trinajstić information content (AvgIpc) is 2.18. The first-order valence-electron chi connectivity index (χ1n) is 5.12. The van der Waals surface area contributed by atoms with E-state index in [4.69, 9.17) is 5.73 Å². The van der Waals surface area contributed by atoms with Crippen molar-refractivity contribution < 1.29 is 0 Å². The summed E-state index contributed by atoms with van der Waals surface area (Å²) >= 11 is 0. The SMILES string of the molecule is CCCCN(C)Cc1ncccc1N. The highest BCUT2D eigenvalue weighted by molar-refractivity contribution is 5.41. The lowest BCUT2D eigenvalue weighted by Gasteiger charge is -2.16. The molecule has 3 heteroatoms. The topological polar surface area (TPSA) is 42.2 Å². The van der Waals surface area contributed by atoms with E-state index in [2.05, 4.69) is 23.9 Å². The van der Waals surface area contributed by atoms with Crippen molar-refractivity contribution in [2.24, 2.45) is 0 Å². The minimum absolute atomic E-state index is 0.788. The summed E-state index contributed by atoms with van der Waals surface area (Å²) in [6.45, 7) is 4.14. The van der Waals surface area contributed by atoms with Crippen molar-refractivity contribution in [3.8, 4) is 0 Å². The lowest BCUT2D eigenvalue weighted by molar-refractivity contribution is 0.317. The largest absolute Gasteiger partial charge is 0.397 e. The molecular weight excluding hydrogens is 174 g/mol. The van der Waals surface area contributed by atoms with Crippen LogP contribution in [0.15, 0.2) is 18.3 Å². The number of rotatable bonds is 5. The Morgan fingerprint density at radius 2 is 2.29 bits per heavy atom. The molecule has 1 heterocycles. The maximum atomic E-state index is 5.81. The van der Waals surface area contributed by atoms with Crippen molar-refractivity contribution in [3.05, 3.63) is 24.0 Å². The highest BCUT2D eigenvalue weighted by atomic mass is 15.1. The molecule has 0 saturated heterocycles. The Hall–Kier alpha value is -1.09. The summed E-state index contributed by atoms with van der Waals surface area (Å²) < 4.78 is 0. The van der Waals surface area contributed by atoms with E-state index in [0.717, 1.165) is 24.5 Å². The van der Waals surface area contributed by atoms with Gasteiger partial charge in [-0.3, -0.25) is 4.98 Å². The van der Waals surface area contributed by atoms with E-state index in [0.29, 0.717) is 0 Å². The molecule has 0 radical (unpaired) electrons. The monoisotopic (exact) mass is 193 g/mol. The van der Waals surface area contributed by atoms with Gasteiger partial charge < -0.3 is 10.6 Å². The van der Waals surface area contributed by atoms with Gasteiger partial charge in [-0.1, -0.05) is 13.3 Å². The van der Waals surface area contributed by atoms with Gasteiger partial charge in [-0.25, -0.2) is 0 Å². The Morgan fingerprint density at radius 1 is 1.50 bits per heavy atom. The highest BCUT2D eigenvalue weighted by Crippen LogP contribution is 2.09. The van der Waals surface area contributed by atoms with Crippen molar-refractivity contribution in [1.82, 2.24) is 9.88 Å². The zero-order valence-corrected chi connectivity index (χ0v) is 9.03. The number of hydrogen-bond acceptors (Lipinski definition) is 3. The van der Waals surface area contributed by atoms with Gasteiger partial charge in [-0.15, -0.1) is 0 Å². The van der Waals surface area contributed by atoms with Crippen molar-refractivity contribution in [2.45, 2.75) is 26.3 Å². The number of anilines is 1. The Morgan fingerprint density at radius 3 is 2.93 bits per heavy atom. The van der Waals surface area contributed by atoms with Crippen molar-refractivity contribution in [2.75, 3.05) is 19.3 Å². The van der Waals surface area contributed by atoms with Crippen LogP contribution >= 0.6 is 0 Å². The smallest absolute Gasteiger partial charge is 0.0772 e. The summed E-state index contributed by atoms with van der Waals surface area (Å²) in [7, 11) is 2.10. The molecule has 1 aromatic rings. The van der Waals surface area contributed by atoms with Crippen LogP contribution in [0.1, 0.15) is 25.5 Å². The molecule has 0 aliphatic heterocycles. The van der Waals surface area contributed by atoms with Gasteiger partial charge in [-0.2, -0.15) is 0 Å². The van der Waals surface area contributed by atoms with Crippen LogP contribution < -0.4 is 5.73 Å². The molecule has 0 bridgehead atoms. The Labute approximate surface area is 85.9 Å². The van der Waals surface area contributed by atoms with Crippen molar-refractivity contribution in [1.29, 1.82) is 0 Å². The maximum Gasteiger partial charge on any atom is 0.0772 e. The Kier molecular flexibility index (Phi) is 4.40. The summed E-state index contributed by atoms with van der Waals surface area (Å²) in [6, 6.07) is 3.76. The molecule has 0 amide bonds. The minimum Gasteiger partial charge on any atom is -0.397 e. The number of aromatic nitrogens is 1. The van der Waals surface area contributed by atoms with Gasteiger partial charge in [0, 0.05) is 12.7 Å². The van der Waals surface area contributed by atoms with Crippen LogP contribution in [0.25, 0.3) is 0 Å². The van der Waals surface area contributed by atoms with E-state index in [1.165, 1.54) is 12.8 Å². The van der Waals surface area contributed by atoms with E-state index >= 15 is 0 Å². The van der Waals surface area contributed by atoms with E-state index < -0.39 is 0 Å². The van der Waals surface area contributed by atoms with Crippen molar-refractivity contribution in [3.63, 3.8) is 0 Å². The molecule has 0 aliphatic carbocycles. The maximum absolute atomic E-state index is 5.81. The number of pyridine rings is 1. The lowest BCUT2D eigenvalue weighted by atomic mass is 10.2. The van der Waals surface area contributed by atoms with E-state index in [9.17, 15) is 0 Å². The normalized spacial score (nSPS) is 10.8. The summed E-state index contributed by atoms with van der Waals surface area (Å²) in [5, 5.41) is 0. The summed E-state index contributed by atoms with van der Waals surface area (Å²) in [6.07, 6.45) is 4.24. The van der Waals surface area contributed by atoms with E-state index in [1.807, 2.05) is 12.1 Å². The lowest BCUT2D eigenvalue weighted by Crippen LogP contribution is -2.20. The van der Waals surface area contributed by atoms with Crippen LogP contribution in [0.3, 0.4) is 0 Å². The molecule has 0 unspecified atom stereocenters. The van der Waals surface area contributed by atoms with Crippen LogP contribution in [0.5, 0.6) is 0 Å². The van der Waals surface area contributed by atoms with Gasteiger partial charge in [0.05, 0.1) is 11.4 Å². The van der Waals surface area contributed by atoms with E-state index in [-0.39, 0.29) is 0 Å². The van der Waals surface area contributed by atoms with Crippen LogP contribution in [0, 0.1) is 0 Å².